The summed E-state index contributed by atoms with van der Waals surface area (Å²) in [6.45, 7) is 15.5. The first-order valence-corrected chi connectivity index (χ1v) is 9.96. The lowest BCUT2D eigenvalue weighted by Crippen LogP contribution is -2.30. The van der Waals surface area contributed by atoms with Gasteiger partial charge in [-0.15, -0.1) is 0 Å². The quantitative estimate of drug-likeness (QED) is 0.613. The Morgan fingerprint density at radius 2 is 1.54 bits per heavy atom. The van der Waals surface area contributed by atoms with Crippen molar-refractivity contribution in [2.75, 3.05) is 0 Å². The van der Waals surface area contributed by atoms with Crippen LogP contribution in [-0.4, -0.2) is 28.3 Å². The molecule has 1 atom stereocenters. The highest BCUT2D eigenvalue weighted by Gasteiger charge is 2.29. The number of hydrogen-bond acceptors (Lipinski definition) is 4. The fourth-order valence-corrected chi connectivity index (χ4v) is 3.42. The fourth-order valence-electron chi connectivity index (χ4n) is 3.42. The van der Waals surface area contributed by atoms with E-state index in [-0.39, 0.29) is 23.9 Å². The Balaban J connectivity index is 2.39. The molecule has 0 radical (unpaired) electrons. The van der Waals surface area contributed by atoms with Gasteiger partial charge in [-0.1, -0.05) is 45.9 Å². The first kappa shape index (κ1) is 22.0. The molecule has 0 N–H and O–H groups in total. The van der Waals surface area contributed by atoms with Gasteiger partial charge in [0.15, 0.2) is 0 Å². The van der Waals surface area contributed by atoms with E-state index in [2.05, 4.69) is 27.7 Å². The molecule has 1 aromatic carbocycles. The van der Waals surface area contributed by atoms with Gasteiger partial charge in [0.1, 0.15) is 11.7 Å². The predicted molar refractivity (Wildman–Crippen MR) is 112 cm³/mol. The number of para-hydroxylation sites is 1. The number of fused-ring (bicyclic) bond motifs is 1. The van der Waals surface area contributed by atoms with Crippen molar-refractivity contribution in [2.45, 2.75) is 73.0 Å². The molecule has 0 saturated carbocycles. The lowest BCUT2D eigenvalue weighted by molar-refractivity contribution is -0.155. The molecule has 28 heavy (non-hydrogen) atoms. The van der Waals surface area contributed by atoms with E-state index in [0.717, 1.165) is 16.5 Å². The van der Waals surface area contributed by atoms with E-state index < -0.39 is 17.6 Å². The van der Waals surface area contributed by atoms with Crippen molar-refractivity contribution in [2.24, 2.45) is 11.8 Å². The average molecular weight is 388 g/mol. The van der Waals surface area contributed by atoms with E-state index in [1.54, 1.807) is 6.20 Å². The van der Waals surface area contributed by atoms with Gasteiger partial charge in [-0.2, -0.15) is 0 Å². The molecule has 0 spiro atoms. The second-order valence-electron chi connectivity index (χ2n) is 9.06. The van der Waals surface area contributed by atoms with Crippen LogP contribution in [0.3, 0.4) is 0 Å². The molecule has 5 heteroatoms. The molecule has 0 fully saturated rings. The summed E-state index contributed by atoms with van der Waals surface area (Å²) in [6.07, 6.45) is 1.09. The van der Waals surface area contributed by atoms with Crippen LogP contribution in [0.15, 0.2) is 30.5 Å². The summed E-state index contributed by atoms with van der Waals surface area (Å²) in [4.78, 5) is 25.5. The molecule has 0 unspecified atom stereocenters. The molecule has 0 saturated heterocycles. The summed E-state index contributed by atoms with van der Waals surface area (Å²) < 4.78 is 12.8. The third-order valence-corrected chi connectivity index (χ3v) is 4.72. The first-order chi connectivity index (χ1) is 12.9. The minimum atomic E-state index is -0.602. The SMILES string of the molecule is CC(C)C(OC(=O)[C@H](C)c1cn(C(=O)OC(C)(C)C)c2ccccc12)C(C)C. The number of carbonyl (C=O) groups is 2. The molecule has 154 valence electrons. The minimum absolute atomic E-state index is 0.144. The molecule has 2 rings (SSSR count). The number of aromatic nitrogens is 1. The van der Waals surface area contributed by atoms with Crippen molar-refractivity contribution < 1.29 is 19.1 Å². The molecular formula is C23H33NO4. The first-order valence-electron chi connectivity index (χ1n) is 9.96. The Kier molecular flexibility index (Phi) is 6.58. The van der Waals surface area contributed by atoms with E-state index in [4.69, 9.17) is 9.47 Å². The van der Waals surface area contributed by atoms with Crippen LogP contribution in [0.2, 0.25) is 0 Å². The molecule has 0 aliphatic heterocycles. The van der Waals surface area contributed by atoms with Gasteiger partial charge in [0.25, 0.3) is 0 Å². The Morgan fingerprint density at radius 3 is 2.07 bits per heavy atom. The topological polar surface area (TPSA) is 57.5 Å². The molecule has 0 bridgehead atoms. The van der Waals surface area contributed by atoms with Crippen molar-refractivity contribution in [3.05, 3.63) is 36.0 Å². The molecule has 1 heterocycles. The fraction of sp³-hybridized carbons (Fsp3) is 0.565. The standard InChI is InChI=1S/C23H33NO4/c1-14(2)20(15(3)4)27-21(25)16(5)18-13-24(22(26)28-23(6,7)8)19-12-10-9-11-17(18)19/h9-16,20H,1-8H3/t16-/m1/s1. The zero-order valence-corrected chi connectivity index (χ0v) is 18.3. The number of hydrogen-bond donors (Lipinski definition) is 0. The summed E-state index contributed by atoms with van der Waals surface area (Å²) in [7, 11) is 0. The number of benzene rings is 1. The Hall–Kier alpha value is -2.30. The molecule has 5 nitrogen and oxygen atoms in total. The smallest absolute Gasteiger partial charge is 0.419 e. The Morgan fingerprint density at radius 1 is 0.964 bits per heavy atom. The van der Waals surface area contributed by atoms with Crippen molar-refractivity contribution in [3.8, 4) is 0 Å². The highest BCUT2D eigenvalue weighted by atomic mass is 16.6. The number of ether oxygens (including phenoxy) is 2. The summed E-state index contributed by atoms with van der Waals surface area (Å²) >= 11 is 0. The van der Waals surface area contributed by atoms with Gasteiger partial charge in [0, 0.05) is 11.6 Å². The van der Waals surface area contributed by atoms with Gasteiger partial charge in [0.05, 0.1) is 11.4 Å². The van der Waals surface area contributed by atoms with Crippen LogP contribution in [0.1, 0.15) is 66.9 Å². The predicted octanol–water partition coefficient (Wildman–Crippen LogP) is 5.75. The second-order valence-corrected chi connectivity index (χ2v) is 9.06. The van der Waals surface area contributed by atoms with Crippen LogP contribution in [0.5, 0.6) is 0 Å². The van der Waals surface area contributed by atoms with Crippen LogP contribution >= 0.6 is 0 Å². The summed E-state index contributed by atoms with van der Waals surface area (Å²) in [5, 5.41) is 0.850. The van der Waals surface area contributed by atoms with Crippen molar-refractivity contribution in [1.29, 1.82) is 0 Å². The van der Waals surface area contributed by atoms with Gasteiger partial charge in [-0.3, -0.25) is 9.36 Å². The van der Waals surface area contributed by atoms with E-state index in [9.17, 15) is 9.59 Å². The third kappa shape index (κ3) is 4.94. The highest BCUT2D eigenvalue weighted by molar-refractivity contribution is 5.95. The maximum absolute atomic E-state index is 12.9. The number of esters is 1. The van der Waals surface area contributed by atoms with Crippen LogP contribution in [0, 0.1) is 11.8 Å². The molecule has 2 aromatic rings. The number of rotatable bonds is 5. The Labute approximate surface area is 168 Å². The third-order valence-electron chi connectivity index (χ3n) is 4.72. The van der Waals surface area contributed by atoms with Crippen LogP contribution in [-0.2, 0) is 14.3 Å². The van der Waals surface area contributed by atoms with Crippen molar-refractivity contribution in [3.63, 3.8) is 0 Å². The van der Waals surface area contributed by atoms with Gasteiger partial charge in [0.2, 0.25) is 0 Å². The normalized spacial score (nSPS) is 13.4. The summed E-state index contributed by atoms with van der Waals surface area (Å²) in [6, 6.07) is 7.53. The average Bonchev–Trinajstić information content (AvgIpc) is 2.96. The van der Waals surface area contributed by atoms with Crippen LogP contribution in [0.25, 0.3) is 10.9 Å². The Bertz CT molecular complexity index is 834. The van der Waals surface area contributed by atoms with E-state index in [1.807, 2.05) is 52.0 Å². The van der Waals surface area contributed by atoms with E-state index in [1.165, 1.54) is 4.57 Å². The number of carbonyl (C=O) groups excluding carboxylic acids is 2. The largest absolute Gasteiger partial charge is 0.461 e. The maximum Gasteiger partial charge on any atom is 0.419 e. The maximum atomic E-state index is 12.9. The molecule has 1 aromatic heterocycles. The number of nitrogens with zero attached hydrogens (tertiary/aromatic N) is 1. The molecule has 0 aliphatic carbocycles. The molecule has 0 amide bonds. The summed E-state index contributed by atoms with van der Waals surface area (Å²) in [5.74, 6) is -0.299. The van der Waals surface area contributed by atoms with E-state index >= 15 is 0 Å². The minimum Gasteiger partial charge on any atom is -0.461 e. The molecular weight excluding hydrogens is 354 g/mol. The second kappa shape index (κ2) is 8.38. The van der Waals surface area contributed by atoms with Gasteiger partial charge in [-0.25, -0.2) is 4.79 Å². The summed E-state index contributed by atoms with van der Waals surface area (Å²) in [5.41, 5.74) is 0.878. The monoisotopic (exact) mass is 387 g/mol. The molecule has 0 aliphatic rings. The zero-order chi connectivity index (χ0) is 21.2. The zero-order valence-electron chi connectivity index (χ0n) is 18.3. The van der Waals surface area contributed by atoms with Crippen LogP contribution < -0.4 is 0 Å². The van der Waals surface area contributed by atoms with Crippen molar-refractivity contribution in [1.82, 2.24) is 4.57 Å². The van der Waals surface area contributed by atoms with Gasteiger partial charge in [-0.05, 0) is 51.2 Å². The van der Waals surface area contributed by atoms with Gasteiger partial charge < -0.3 is 9.47 Å². The van der Waals surface area contributed by atoms with Crippen molar-refractivity contribution >= 4 is 23.0 Å². The van der Waals surface area contributed by atoms with Gasteiger partial charge >= 0.3 is 12.1 Å². The lowest BCUT2D eigenvalue weighted by atomic mass is 9.95. The highest BCUT2D eigenvalue weighted by Crippen LogP contribution is 2.30. The van der Waals surface area contributed by atoms with Crippen LogP contribution in [0.4, 0.5) is 4.79 Å². The lowest BCUT2D eigenvalue weighted by Gasteiger charge is -2.26. The van der Waals surface area contributed by atoms with E-state index in [0.29, 0.717) is 0 Å².